The Bertz CT molecular complexity index is 1240. The van der Waals surface area contributed by atoms with E-state index in [0.29, 0.717) is 35.7 Å². The molecule has 0 radical (unpaired) electrons. The molecular formula is C29H35ClN4O4. The molecule has 2 aromatic rings. The van der Waals surface area contributed by atoms with Crippen LogP contribution in [0.25, 0.3) is 0 Å². The van der Waals surface area contributed by atoms with Gasteiger partial charge in [0.25, 0.3) is 5.91 Å². The minimum atomic E-state index is -0.574. The van der Waals surface area contributed by atoms with E-state index in [4.69, 9.17) is 21.0 Å². The van der Waals surface area contributed by atoms with Gasteiger partial charge in [-0.15, -0.1) is 11.6 Å². The van der Waals surface area contributed by atoms with Crippen LogP contribution in [-0.2, 0) is 22.7 Å². The first-order valence-electron chi connectivity index (χ1n) is 14.0. The van der Waals surface area contributed by atoms with Crippen molar-refractivity contribution >= 4 is 29.3 Å². The Hall–Kier alpha value is -2.71. The maximum atomic E-state index is 13.0. The molecule has 202 valence electrons. The quantitative estimate of drug-likeness (QED) is 0.448. The number of nitrogens with one attached hydrogen (secondary N) is 1. The standard InChI is InChI=1S/C29H35ClN4O4/c1-17-24(31-28(38-17)19-2-5-22(30)6-3-19)16-33-12-10-18(11-13-33)20-4-7-23-21(14-20)15-34(29(23)37)25-8-9-26(35)32-27(25)36/h4,7,14,18-19,22,25H,2-3,5-6,8-13,15-16H2,1H3,(H,32,35,36). The molecule has 3 amide bonds. The second-order valence-electron chi connectivity index (χ2n) is 11.4. The highest BCUT2D eigenvalue weighted by atomic mass is 35.5. The van der Waals surface area contributed by atoms with Crippen LogP contribution in [0.3, 0.4) is 0 Å². The van der Waals surface area contributed by atoms with Crippen LogP contribution in [0.5, 0.6) is 0 Å². The number of alkyl halides is 1. The topological polar surface area (TPSA) is 95.8 Å². The van der Waals surface area contributed by atoms with Gasteiger partial charge in [0.05, 0.1) is 5.69 Å². The number of aryl methyl sites for hydroxylation is 1. The number of fused-ring (bicyclic) bond motifs is 1. The summed E-state index contributed by atoms with van der Waals surface area (Å²) in [6.45, 7) is 5.24. The average Bonchev–Trinajstić information content (AvgIpc) is 3.44. The summed E-state index contributed by atoms with van der Waals surface area (Å²) in [5, 5.41) is 2.66. The summed E-state index contributed by atoms with van der Waals surface area (Å²) >= 11 is 6.27. The second-order valence-corrected chi connectivity index (χ2v) is 12.0. The first kappa shape index (κ1) is 25.6. The second kappa shape index (κ2) is 10.5. The van der Waals surface area contributed by atoms with Crippen molar-refractivity contribution in [2.24, 2.45) is 0 Å². The summed E-state index contributed by atoms with van der Waals surface area (Å²) < 4.78 is 6.08. The Morgan fingerprint density at radius 1 is 1.03 bits per heavy atom. The van der Waals surface area contributed by atoms with Crippen molar-refractivity contribution < 1.29 is 18.8 Å². The molecule has 0 spiro atoms. The summed E-state index contributed by atoms with van der Waals surface area (Å²) in [5.74, 6) is 1.89. The molecule has 4 heterocycles. The Labute approximate surface area is 228 Å². The third-order valence-corrected chi connectivity index (χ3v) is 9.33. The number of amides is 3. The molecule has 1 saturated carbocycles. The molecule has 38 heavy (non-hydrogen) atoms. The lowest BCUT2D eigenvalue weighted by atomic mass is 9.88. The van der Waals surface area contributed by atoms with Gasteiger partial charge in [0.1, 0.15) is 11.8 Å². The van der Waals surface area contributed by atoms with Crippen LogP contribution in [0.15, 0.2) is 22.6 Å². The zero-order valence-electron chi connectivity index (χ0n) is 21.9. The number of likely N-dealkylation sites (tertiary alicyclic amines) is 1. The number of imide groups is 1. The molecule has 1 aromatic heterocycles. The van der Waals surface area contributed by atoms with Crippen LogP contribution in [0.4, 0.5) is 0 Å². The number of benzene rings is 1. The van der Waals surface area contributed by atoms with E-state index in [1.807, 2.05) is 13.0 Å². The molecule has 2 saturated heterocycles. The number of hydrogen-bond donors (Lipinski definition) is 1. The molecule has 8 nitrogen and oxygen atoms in total. The molecule has 1 aliphatic carbocycles. The molecule has 1 N–H and O–H groups in total. The van der Waals surface area contributed by atoms with Crippen molar-refractivity contribution in [3.63, 3.8) is 0 Å². The van der Waals surface area contributed by atoms with Crippen LogP contribution in [0.1, 0.15) is 102 Å². The van der Waals surface area contributed by atoms with Crippen LogP contribution in [-0.4, -0.2) is 57.0 Å². The van der Waals surface area contributed by atoms with Crippen LogP contribution in [0, 0.1) is 6.92 Å². The largest absolute Gasteiger partial charge is 0.445 e. The van der Waals surface area contributed by atoms with Crippen LogP contribution >= 0.6 is 11.6 Å². The van der Waals surface area contributed by atoms with Gasteiger partial charge >= 0.3 is 0 Å². The van der Waals surface area contributed by atoms with E-state index >= 15 is 0 Å². The maximum Gasteiger partial charge on any atom is 0.255 e. The van der Waals surface area contributed by atoms with Gasteiger partial charge in [-0.1, -0.05) is 12.1 Å². The molecule has 0 bridgehead atoms. The van der Waals surface area contributed by atoms with E-state index < -0.39 is 6.04 Å². The lowest BCUT2D eigenvalue weighted by molar-refractivity contribution is -0.136. The van der Waals surface area contributed by atoms with Crippen molar-refractivity contribution in [1.29, 1.82) is 0 Å². The minimum Gasteiger partial charge on any atom is -0.445 e. The number of aromatic nitrogens is 1. The van der Waals surface area contributed by atoms with Crippen molar-refractivity contribution in [1.82, 2.24) is 20.1 Å². The third kappa shape index (κ3) is 5.00. The number of rotatable bonds is 5. The summed E-state index contributed by atoms with van der Waals surface area (Å²) in [5.41, 5.74) is 3.97. The molecule has 3 aliphatic heterocycles. The van der Waals surface area contributed by atoms with E-state index in [0.717, 1.165) is 81.1 Å². The number of carbonyl (C=O) groups is 3. The predicted molar refractivity (Wildman–Crippen MR) is 142 cm³/mol. The van der Waals surface area contributed by atoms with Gasteiger partial charge in [0, 0.05) is 36.4 Å². The van der Waals surface area contributed by atoms with Gasteiger partial charge < -0.3 is 9.32 Å². The molecule has 3 fully saturated rings. The fourth-order valence-electron chi connectivity index (χ4n) is 6.56. The fraction of sp³-hybridized carbons (Fsp3) is 0.586. The van der Waals surface area contributed by atoms with Crippen molar-refractivity contribution in [3.8, 4) is 0 Å². The van der Waals surface area contributed by atoms with E-state index in [-0.39, 0.29) is 24.1 Å². The van der Waals surface area contributed by atoms with E-state index in [2.05, 4.69) is 22.3 Å². The molecule has 4 aliphatic rings. The summed E-state index contributed by atoms with van der Waals surface area (Å²) in [7, 11) is 0. The van der Waals surface area contributed by atoms with Crippen molar-refractivity contribution in [2.45, 2.75) is 94.6 Å². The lowest BCUT2D eigenvalue weighted by Crippen LogP contribution is -2.52. The minimum absolute atomic E-state index is 0.117. The highest BCUT2D eigenvalue weighted by Crippen LogP contribution is 2.36. The Balaban J connectivity index is 1.06. The zero-order valence-corrected chi connectivity index (χ0v) is 22.6. The van der Waals surface area contributed by atoms with Gasteiger partial charge in [0.15, 0.2) is 5.89 Å². The summed E-state index contributed by atoms with van der Waals surface area (Å²) in [4.78, 5) is 45.8. The number of piperidine rings is 2. The van der Waals surface area contributed by atoms with Gasteiger partial charge in [-0.2, -0.15) is 0 Å². The van der Waals surface area contributed by atoms with Crippen LogP contribution in [0.2, 0.25) is 0 Å². The molecule has 1 aromatic carbocycles. The molecule has 1 atom stereocenters. The van der Waals surface area contributed by atoms with E-state index in [1.54, 1.807) is 4.90 Å². The van der Waals surface area contributed by atoms with Gasteiger partial charge in [-0.3, -0.25) is 24.6 Å². The highest BCUT2D eigenvalue weighted by Gasteiger charge is 2.39. The number of oxazole rings is 1. The van der Waals surface area contributed by atoms with Gasteiger partial charge in [0.2, 0.25) is 11.8 Å². The third-order valence-electron chi connectivity index (χ3n) is 8.90. The molecular weight excluding hydrogens is 504 g/mol. The number of halogens is 1. The highest BCUT2D eigenvalue weighted by molar-refractivity contribution is 6.20. The van der Waals surface area contributed by atoms with Crippen LogP contribution < -0.4 is 5.32 Å². The monoisotopic (exact) mass is 538 g/mol. The predicted octanol–water partition coefficient (Wildman–Crippen LogP) is 4.39. The zero-order chi connectivity index (χ0) is 26.4. The molecule has 9 heteroatoms. The number of nitrogens with zero attached hydrogens (tertiary/aromatic N) is 3. The van der Waals surface area contributed by atoms with E-state index in [1.165, 1.54) is 5.56 Å². The first-order chi connectivity index (χ1) is 18.4. The Kier molecular flexibility index (Phi) is 7.03. The fourth-order valence-corrected chi connectivity index (χ4v) is 6.81. The van der Waals surface area contributed by atoms with Gasteiger partial charge in [-0.05, 0) is 88.1 Å². The first-order valence-corrected chi connectivity index (χ1v) is 14.4. The number of hydrogen-bond acceptors (Lipinski definition) is 6. The lowest BCUT2D eigenvalue weighted by Gasteiger charge is -2.32. The Morgan fingerprint density at radius 2 is 1.79 bits per heavy atom. The Morgan fingerprint density at radius 3 is 2.53 bits per heavy atom. The van der Waals surface area contributed by atoms with Gasteiger partial charge in [-0.25, -0.2) is 4.98 Å². The van der Waals surface area contributed by atoms with Crippen molar-refractivity contribution in [2.75, 3.05) is 13.1 Å². The smallest absolute Gasteiger partial charge is 0.255 e. The van der Waals surface area contributed by atoms with E-state index in [9.17, 15) is 14.4 Å². The summed E-state index contributed by atoms with van der Waals surface area (Å²) in [6, 6.07) is 5.58. The normalized spacial score (nSPS) is 27.1. The SMILES string of the molecule is Cc1oc(C2CCC(Cl)CC2)nc1CN1CCC(c2ccc3c(c2)CN(C2CCC(=O)NC2=O)C3=O)CC1. The average molecular weight is 539 g/mol. The maximum absolute atomic E-state index is 13.0. The molecule has 1 unspecified atom stereocenters. The number of carbonyl (C=O) groups excluding carboxylic acids is 3. The summed E-state index contributed by atoms with van der Waals surface area (Å²) in [6.07, 6.45) is 6.92. The molecule has 6 rings (SSSR count). The van der Waals surface area contributed by atoms with Crippen molar-refractivity contribution in [3.05, 3.63) is 52.2 Å².